The molecule has 0 saturated carbocycles. The Kier molecular flexibility index (Phi) is 9.72. The summed E-state index contributed by atoms with van der Waals surface area (Å²) in [5.74, 6) is 0.942. The Bertz CT molecular complexity index is 189. The first-order chi connectivity index (χ1) is 4.79. The second-order valence-electron chi connectivity index (χ2n) is 2.48. The Balaban J connectivity index is 0. The van der Waals surface area contributed by atoms with Crippen molar-refractivity contribution in [1.29, 1.82) is 0 Å². The SMILES string of the molecule is CC(C)Oc1ccccc1.[Br-].[Mg+2]. The van der Waals surface area contributed by atoms with E-state index in [2.05, 4.69) is 0 Å². The summed E-state index contributed by atoms with van der Waals surface area (Å²) in [5, 5.41) is 0. The van der Waals surface area contributed by atoms with Crippen LogP contribution < -0.4 is 21.7 Å². The maximum Gasteiger partial charge on any atom is 2.00 e. The molecule has 0 radical (unpaired) electrons. The average molecular weight is 240 g/mol. The number of rotatable bonds is 2. The minimum atomic E-state index is 0. The van der Waals surface area contributed by atoms with Crippen molar-refractivity contribution in [3.63, 3.8) is 0 Å². The molecule has 62 valence electrons. The monoisotopic (exact) mass is 239 g/mol. The molecule has 0 saturated heterocycles. The quantitative estimate of drug-likeness (QED) is 0.609. The molecule has 0 spiro atoms. The summed E-state index contributed by atoms with van der Waals surface area (Å²) in [6.07, 6.45) is 0.266. The maximum atomic E-state index is 5.41. The van der Waals surface area contributed by atoms with E-state index < -0.39 is 0 Å². The third kappa shape index (κ3) is 5.86. The smallest absolute Gasteiger partial charge is 1.00 e. The van der Waals surface area contributed by atoms with E-state index in [1.807, 2.05) is 44.2 Å². The van der Waals surface area contributed by atoms with Gasteiger partial charge in [-0.25, -0.2) is 0 Å². The van der Waals surface area contributed by atoms with E-state index in [-0.39, 0.29) is 46.1 Å². The second kappa shape index (κ2) is 7.89. The van der Waals surface area contributed by atoms with Gasteiger partial charge in [-0.15, -0.1) is 0 Å². The molecule has 1 aromatic rings. The van der Waals surface area contributed by atoms with Crippen molar-refractivity contribution in [2.45, 2.75) is 20.0 Å². The number of halogens is 1. The molecule has 0 heterocycles. The first-order valence-corrected chi connectivity index (χ1v) is 3.51. The van der Waals surface area contributed by atoms with Crippen LogP contribution in [0.1, 0.15) is 13.8 Å². The molecule has 0 fully saturated rings. The van der Waals surface area contributed by atoms with E-state index in [4.69, 9.17) is 4.74 Å². The molecule has 0 aliphatic rings. The Hall–Kier alpha value is 0.266. The average Bonchev–Trinajstić information content (AvgIpc) is 1.88. The number of hydrogen-bond acceptors (Lipinski definition) is 1. The fourth-order valence-electron chi connectivity index (χ4n) is 0.771. The van der Waals surface area contributed by atoms with E-state index in [1.54, 1.807) is 0 Å². The van der Waals surface area contributed by atoms with Crippen LogP contribution in [0.25, 0.3) is 0 Å². The summed E-state index contributed by atoms with van der Waals surface area (Å²) in [5.41, 5.74) is 0. The van der Waals surface area contributed by atoms with E-state index >= 15 is 0 Å². The molecule has 1 rings (SSSR count). The summed E-state index contributed by atoms with van der Waals surface area (Å²) in [6, 6.07) is 9.84. The van der Waals surface area contributed by atoms with Gasteiger partial charge in [-0.3, -0.25) is 0 Å². The molecule has 0 unspecified atom stereocenters. The summed E-state index contributed by atoms with van der Waals surface area (Å²) < 4.78 is 5.41. The maximum absolute atomic E-state index is 5.41. The largest absolute Gasteiger partial charge is 2.00 e. The zero-order valence-corrected chi connectivity index (χ0v) is 10.5. The Morgan fingerprint density at radius 2 is 1.58 bits per heavy atom. The normalized spacial score (nSPS) is 8.25. The summed E-state index contributed by atoms with van der Waals surface area (Å²) in [7, 11) is 0. The topological polar surface area (TPSA) is 9.23 Å². The molecule has 1 aromatic carbocycles. The van der Waals surface area contributed by atoms with Gasteiger partial charge in [0.25, 0.3) is 0 Å². The van der Waals surface area contributed by atoms with Gasteiger partial charge in [0, 0.05) is 0 Å². The van der Waals surface area contributed by atoms with Gasteiger partial charge in [-0.2, -0.15) is 0 Å². The van der Waals surface area contributed by atoms with Crippen molar-refractivity contribution in [3.05, 3.63) is 30.3 Å². The third-order valence-electron chi connectivity index (χ3n) is 1.11. The van der Waals surface area contributed by atoms with E-state index in [9.17, 15) is 0 Å². The predicted octanol–water partition coefficient (Wildman–Crippen LogP) is -0.903. The van der Waals surface area contributed by atoms with Crippen LogP contribution in [0.5, 0.6) is 5.75 Å². The van der Waals surface area contributed by atoms with Crippen molar-refractivity contribution >= 4 is 23.1 Å². The molecule has 0 aliphatic heterocycles. The van der Waals surface area contributed by atoms with Gasteiger partial charge in [0.15, 0.2) is 0 Å². The van der Waals surface area contributed by atoms with Crippen LogP contribution in [-0.2, 0) is 0 Å². The first kappa shape index (κ1) is 14.8. The van der Waals surface area contributed by atoms with Crippen molar-refractivity contribution in [3.8, 4) is 5.75 Å². The van der Waals surface area contributed by atoms with Crippen LogP contribution in [0.3, 0.4) is 0 Å². The Labute approximate surface area is 100 Å². The van der Waals surface area contributed by atoms with E-state index in [0.717, 1.165) is 5.75 Å². The van der Waals surface area contributed by atoms with Crippen molar-refractivity contribution in [2.75, 3.05) is 0 Å². The molecule has 12 heavy (non-hydrogen) atoms. The molecule has 1 nitrogen and oxygen atoms in total. The van der Waals surface area contributed by atoms with Crippen LogP contribution in [0.15, 0.2) is 30.3 Å². The molecular weight excluding hydrogens is 228 g/mol. The summed E-state index contributed by atoms with van der Waals surface area (Å²) >= 11 is 0. The molecule has 3 heteroatoms. The molecule has 0 aromatic heterocycles. The van der Waals surface area contributed by atoms with E-state index in [0.29, 0.717) is 0 Å². The third-order valence-corrected chi connectivity index (χ3v) is 1.11. The van der Waals surface area contributed by atoms with Gasteiger partial charge >= 0.3 is 23.1 Å². The van der Waals surface area contributed by atoms with Crippen LogP contribution in [-0.4, -0.2) is 29.2 Å². The van der Waals surface area contributed by atoms with Crippen LogP contribution >= 0.6 is 0 Å². The van der Waals surface area contributed by atoms with Gasteiger partial charge in [0.2, 0.25) is 0 Å². The van der Waals surface area contributed by atoms with Crippen LogP contribution in [0.4, 0.5) is 0 Å². The van der Waals surface area contributed by atoms with E-state index in [1.165, 1.54) is 0 Å². The number of hydrogen-bond donors (Lipinski definition) is 0. The van der Waals surface area contributed by atoms with Gasteiger partial charge in [0.05, 0.1) is 6.10 Å². The zero-order valence-electron chi connectivity index (χ0n) is 7.46. The summed E-state index contributed by atoms with van der Waals surface area (Å²) in [4.78, 5) is 0. The number of para-hydroxylation sites is 1. The Morgan fingerprint density at radius 1 is 1.08 bits per heavy atom. The van der Waals surface area contributed by atoms with Crippen molar-refractivity contribution in [1.82, 2.24) is 0 Å². The molecule has 0 atom stereocenters. The van der Waals surface area contributed by atoms with Crippen LogP contribution in [0, 0.1) is 0 Å². The number of ether oxygens (including phenoxy) is 1. The van der Waals surface area contributed by atoms with Crippen molar-refractivity contribution < 1.29 is 21.7 Å². The molecule has 0 N–H and O–H groups in total. The molecule has 0 bridgehead atoms. The minimum Gasteiger partial charge on any atom is -1.00 e. The van der Waals surface area contributed by atoms with Gasteiger partial charge in [0.1, 0.15) is 5.75 Å². The van der Waals surface area contributed by atoms with Gasteiger partial charge in [-0.05, 0) is 26.0 Å². The van der Waals surface area contributed by atoms with Gasteiger partial charge < -0.3 is 21.7 Å². The minimum absolute atomic E-state index is 0. The molecule has 0 amide bonds. The first-order valence-electron chi connectivity index (χ1n) is 3.51. The fourth-order valence-corrected chi connectivity index (χ4v) is 0.771. The predicted molar refractivity (Wildman–Crippen MR) is 48.0 cm³/mol. The van der Waals surface area contributed by atoms with Crippen LogP contribution in [0.2, 0.25) is 0 Å². The summed E-state index contributed by atoms with van der Waals surface area (Å²) in [6.45, 7) is 4.04. The zero-order chi connectivity index (χ0) is 7.40. The Morgan fingerprint density at radius 3 is 2.00 bits per heavy atom. The standard InChI is InChI=1S/C9H12O.BrH.Mg/c1-8(2)10-9-6-4-3-5-7-9;;/h3-8H,1-2H3;1H;/q;;+2/p-1. The van der Waals surface area contributed by atoms with Gasteiger partial charge in [-0.1, -0.05) is 18.2 Å². The number of benzene rings is 1. The fraction of sp³-hybridized carbons (Fsp3) is 0.333. The van der Waals surface area contributed by atoms with Crippen molar-refractivity contribution in [2.24, 2.45) is 0 Å². The molecular formula is C9H12BrMgO+. The molecule has 0 aliphatic carbocycles. The second-order valence-corrected chi connectivity index (χ2v) is 2.48.